The Morgan fingerprint density at radius 3 is 2.21 bits per heavy atom. The Bertz CT molecular complexity index is 1040. The van der Waals surface area contributed by atoms with E-state index in [1.165, 1.54) is 18.7 Å². The quantitative estimate of drug-likeness (QED) is 0.457. The highest BCUT2D eigenvalue weighted by molar-refractivity contribution is 8.00. The minimum Gasteiger partial charge on any atom is -0.454 e. The van der Waals surface area contributed by atoms with Crippen molar-refractivity contribution in [1.29, 1.82) is 0 Å². The van der Waals surface area contributed by atoms with E-state index in [4.69, 9.17) is 9.47 Å². The van der Waals surface area contributed by atoms with E-state index >= 15 is 0 Å². The molecule has 0 fully saturated rings. The van der Waals surface area contributed by atoms with Crippen LogP contribution >= 0.6 is 11.8 Å². The fraction of sp³-hybridized carbons (Fsp3) is 0.130. The molecule has 1 atom stereocenters. The van der Waals surface area contributed by atoms with E-state index in [1.54, 1.807) is 12.1 Å². The van der Waals surface area contributed by atoms with Gasteiger partial charge in [-0.2, -0.15) is 0 Å². The summed E-state index contributed by atoms with van der Waals surface area (Å²) >= 11 is 1.46. The van der Waals surface area contributed by atoms with Crippen molar-refractivity contribution in [2.45, 2.75) is 17.1 Å². The summed E-state index contributed by atoms with van der Waals surface area (Å²) in [5, 5.41) is 2.44. The van der Waals surface area contributed by atoms with E-state index < -0.39 is 5.25 Å². The Morgan fingerprint density at radius 1 is 0.931 bits per heavy atom. The molecule has 0 spiro atoms. The molecule has 146 valence electrons. The fourth-order valence-electron chi connectivity index (χ4n) is 3.07. The van der Waals surface area contributed by atoms with Crippen molar-refractivity contribution >= 4 is 29.1 Å². The number of rotatable bonds is 6. The molecule has 4 rings (SSSR count). The van der Waals surface area contributed by atoms with E-state index in [1.807, 2.05) is 60.7 Å². The van der Waals surface area contributed by atoms with Crippen molar-refractivity contribution in [1.82, 2.24) is 0 Å². The SMILES string of the molecule is CC(=O)c1cc2c(cc1NC(=O)C(Sc1ccccc1)c1ccccc1)OCO2. The van der Waals surface area contributed by atoms with Crippen molar-refractivity contribution in [3.05, 3.63) is 83.9 Å². The number of Topliss-reactive ketones (excluding diaryl/α,β-unsaturated/α-hetero) is 1. The Labute approximate surface area is 173 Å². The molecule has 3 aromatic rings. The van der Waals surface area contributed by atoms with Gasteiger partial charge in [0.15, 0.2) is 17.3 Å². The van der Waals surface area contributed by atoms with Gasteiger partial charge in [-0.25, -0.2) is 0 Å². The summed E-state index contributed by atoms with van der Waals surface area (Å²) in [5.74, 6) is 0.640. The summed E-state index contributed by atoms with van der Waals surface area (Å²) in [6.07, 6.45) is 0. The minimum atomic E-state index is -0.483. The largest absolute Gasteiger partial charge is 0.454 e. The lowest BCUT2D eigenvalue weighted by atomic mass is 10.1. The highest BCUT2D eigenvalue weighted by Crippen LogP contribution is 2.39. The van der Waals surface area contributed by atoms with E-state index in [0.29, 0.717) is 22.7 Å². The first kappa shape index (κ1) is 19.1. The van der Waals surface area contributed by atoms with Crippen LogP contribution in [0.15, 0.2) is 77.7 Å². The van der Waals surface area contributed by atoms with Crippen LogP contribution in [0.25, 0.3) is 0 Å². The maximum absolute atomic E-state index is 13.3. The van der Waals surface area contributed by atoms with Crippen LogP contribution in [0, 0.1) is 0 Å². The van der Waals surface area contributed by atoms with Crippen LogP contribution < -0.4 is 14.8 Å². The Hall–Kier alpha value is -3.25. The maximum atomic E-state index is 13.3. The van der Waals surface area contributed by atoms with Gasteiger partial charge in [0, 0.05) is 16.5 Å². The second-order valence-electron chi connectivity index (χ2n) is 6.52. The third-order valence-electron chi connectivity index (χ3n) is 4.49. The number of thioether (sulfide) groups is 1. The Kier molecular flexibility index (Phi) is 5.53. The molecule has 0 aromatic heterocycles. The van der Waals surface area contributed by atoms with Crippen LogP contribution in [0.3, 0.4) is 0 Å². The Balaban J connectivity index is 1.66. The summed E-state index contributed by atoms with van der Waals surface area (Å²) in [5.41, 5.74) is 1.68. The van der Waals surface area contributed by atoms with E-state index in [2.05, 4.69) is 5.32 Å². The van der Waals surface area contributed by atoms with Crippen molar-refractivity contribution in [2.24, 2.45) is 0 Å². The van der Waals surface area contributed by atoms with E-state index in [-0.39, 0.29) is 18.5 Å². The number of carbonyl (C=O) groups is 2. The van der Waals surface area contributed by atoms with Gasteiger partial charge in [-0.15, -0.1) is 11.8 Å². The number of amides is 1. The van der Waals surface area contributed by atoms with E-state index in [9.17, 15) is 9.59 Å². The molecule has 0 saturated heterocycles. The molecule has 1 aliphatic rings. The Morgan fingerprint density at radius 2 is 1.55 bits per heavy atom. The predicted octanol–water partition coefficient (Wildman–Crippen LogP) is 5.09. The zero-order valence-electron chi connectivity index (χ0n) is 15.8. The van der Waals surface area contributed by atoms with Crippen LogP contribution in [0.4, 0.5) is 5.69 Å². The highest BCUT2D eigenvalue weighted by Gasteiger charge is 2.25. The molecular weight excluding hydrogens is 386 g/mol. The summed E-state index contributed by atoms with van der Waals surface area (Å²) in [7, 11) is 0. The molecule has 5 nitrogen and oxygen atoms in total. The zero-order chi connectivity index (χ0) is 20.2. The number of anilines is 1. The second kappa shape index (κ2) is 8.41. The molecule has 0 aliphatic carbocycles. The third kappa shape index (κ3) is 4.27. The summed E-state index contributed by atoms with van der Waals surface area (Å²) in [4.78, 5) is 26.4. The van der Waals surface area contributed by atoms with Crippen molar-refractivity contribution in [2.75, 3.05) is 12.1 Å². The molecule has 1 amide bonds. The van der Waals surface area contributed by atoms with Crippen LogP contribution in [0.1, 0.15) is 28.1 Å². The minimum absolute atomic E-state index is 0.0978. The number of carbonyl (C=O) groups excluding carboxylic acids is 2. The second-order valence-corrected chi connectivity index (χ2v) is 7.70. The number of fused-ring (bicyclic) bond motifs is 1. The molecule has 1 heterocycles. The lowest BCUT2D eigenvalue weighted by Gasteiger charge is -2.18. The smallest absolute Gasteiger partial charge is 0.242 e. The van der Waals surface area contributed by atoms with Gasteiger partial charge in [0.25, 0.3) is 0 Å². The third-order valence-corrected chi connectivity index (χ3v) is 5.75. The molecule has 1 aliphatic heterocycles. The number of ketones is 1. The molecule has 0 saturated carbocycles. The van der Waals surface area contributed by atoms with Gasteiger partial charge in [-0.05, 0) is 30.7 Å². The monoisotopic (exact) mass is 405 g/mol. The molecule has 0 bridgehead atoms. The predicted molar refractivity (Wildman–Crippen MR) is 113 cm³/mol. The molecule has 3 aromatic carbocycles. The first-order chi connectivity index (χ1) is 14.1. The van der Waals surface area contributed by atoms with Crippen LogP contribution in [0.2, 0.25) is 0 Å². The number of hydrogen-bond acceptors (Lipinski definition) is 5. The van der Waals surface area contributed by atoms with Crippen molar-refractivity contribution in [3.8, 4) is 11.5 Å². The first-order valence-corrected chi connectivity index (χ1v) is 10.0. The lowest BCUT2D eigenvalue weighted by molar-refractivity contribution is -0.115. The van der Waals surface area contributed by atoms with Gasteiger partial charge in [0.2, 0.25) is 12.7 Å². The average Bonchev–Trinajstić information content (AvgIpc) is 3.20. The van der Waals surface area contributed by atoms with Gasteiger partial charge < -0.3 is 14.8 Å². The first-order valence-electron chi connectivity index (χ1n) is 9.14. The van der Waals surface area contributed by atoms with Crippen LogP contribution in [-0.2, 0) is 4.79 Å². The van der Waals surface area contributed by atoms with Crippen molar-refractivity contribution < 1.29 is 19.1 Å². The average molecular weight is 405 g/mol. The van der Waals surface area contributed by atoms with Gasteiger partial charge in [-0.3, -0.25) is 9.59 Å². The normalized spacial score (nSPS) is 13.0. The van der Waals surface area contributed by atoms with Gasteiger partial charge in [0.1, 0.15) is 5.25 Å². The molecular formula is C23H19NO4S. The molecule has 0 radical (unpaired) electrons. The topological polar surface area (TPSA) is 64.6 Å². The molecule has 29 heavy (non-hydrogen) atoms. The fourth-order valence-corrected chi connectivity index (χ4v) is 4.12. The number of benzene rings is 3. The van der Waals surface area contributed by atoms with Gasteiger partial charge >= 0.3 is 0 Å². The zero-order valence-corrected chi connectivity index (χ0v) is 16.6. The van der Waals surface area contributed by atoms with Crippen LogP contribution in [0.5, 0.6) is 11.5 Å². The van der Waals surface area contributed by atoms with Gasteiger partial charge in [0.05, 0.1) is 5.69 Å². The maximum Gasteiger partial charge on any atom is 0.242 e. The molecule has 6 heteroatoms. The number of ether oxygens (including phenoxy) is 2. The molecule has 1 N–H and O–H groups in total. The number of nitrogens with one attached hydrogen (secondary N) is 1. The van der Waals surface area contributed by atoms with Gasteiger partial charge in [-0.1, -0.05) is 48.5 Å². The molecule has 1 unspecified atom stereocenters. The highest BCUT2D eigenvalue weighted by atomic mass is 32.2. The standard InChI is InChI=1S/C23H19NO4S/c1-15(25)18-12-20-21(28-14-27-20)13-19(18)24-23(26)22(16-8-4-2-5-9-16)29-17-10-6-3-7-11-17/h2-13,22H,14H2,1H3,(H,24,26). The summed E-state index contributed by atoms with van der Waals surface area (Å²) < 4.78 is 10.8. The van der Waals surface area contributed by atoms with Crippen LogP contribution in [-0.4, -0.2) is 18.5 Å². The summed E-state index contributed by atoms with van der Waals surface area (Å²) in [6.45, 7) is 1.56. The summed E-state index contributed by atoms with van der Waals surface area (Å²) in [6, 6.07) is 22.6. The van der Waals surface area contributed by atoms with Crippen molar-refractivity contribution in [3.63, 3.8) is 0 Å². The lowest BCUT2D eigenvalue weighted by Crippen LogP contribution is -2.20. The number of hydrogen-bond donors (Lipinski definition) is 1. The van der Waals surface area contributed by atoms with E-state index in [0.717, 1.165) is 10.5 Å².